The molecule has 0 radical (unpaired) electrons. The molecule has 1 heterocycles. The predicted molar refractivity (Wildman–Crippen MR) is 107 cm³/mol. The quantitative estimate of drug-likeness (QED) is 0.575. The first-order chi connectivity index (χ1) is 12.7. The molecule has 1 aliphatic heterocycles. The third-order valence-electron chi connectivity index (χ3n) is 5.71. The first-order valence-electron chi connectivity index (χ1n) is 9.63. The minimum atomic E-state index is -0.856. The highest BCUT2D eigenvalue weighted by Gasteiger charge is 2.55. The van der Waals surface area contributed by atoms with Crippen LogP contribution in [0.3, 0.4) is 0 Å². The normalized spacial score (nSPS) is 21.7. The van der Waals surface area contributed by atoms with Crippen LogP contribution in [0.4, 0.5) is 0 Å². The van der Waals surface area contributed by atoms with E-state index >= 15 is 0 Å². The maximum absolute atomic E-state index is 13.3. The summed E-state index contributed by atoms with van der Waals surface area (Å²) in [6, 6.07) is 9.34. The van der Waals surface area contributed by atoms with Crippen molar-refractivity contribution in [2.45, 2.75) is 65.1 Å². The van der Waals surface area contributed by atoms with Gasteiger partial charge in [-0.05, 0) is 52.2 Å². The Balaban J connectivity index is 2.10. The smallest absolute Gasteiger partial charge is 0.399 e. The molecule has 0 spiro atoms. The summed E-state index contributed by atoms with van der Waals surface area (Å²) in [7, 11) is -0.856. The lowest BCUT2D eigenvalue weighted by molar-refractivity contribution is -0.114. The Bertz CT molecular complexity index is 802. The molecule has 1 fully saturated rings. The second-order valence-electron chi connectivity index (χ2n) is 8.21. The highest BCUT2D eigenvalue weighted by molar-refractivity contribution is 6.68. The minimum Gasteiger partial charge on any atom is -0.399 e. The van der Waals surface area contributed by atoms with E-state index in [1.54, 1.807) is 0 Å². The molecule has 1 saturated heterocycles. The van der Waals surface area contributed by atoms with E-state index in [0.717, 1.165) is 18.4 Å². The summed E-state index contributed by atoms with van der Waals surface area (Å²) in [4.78, 5) is 26.3. The second-order valence-corrected chi connectivity index (χ2v) is 8.21. The van der Waals surface area contributed by atoms with Crippen LogP contribution >= 0.6 is 0 Å². The SMILES string of the molecule is CCCCC1=CC(=O)C(B2OC(C)(C)C(C)(C)O2)=C(c2ccccc2)C1=O. The zero-order valence-electron chi connectivity index (χ0n) is 16.8. The van der Waals surface area contributed by atoms with Crippen LogP contribution in [0.2, 0.25) is 0 Å². The van der Waals surface area contributed by atoms with Crippen molar-refractivity contribution >= 4 is 24.3 Å². The van der Waals surface area contributed by atoms with E-state index in [0.29, 0.717) is 23.0 Å². The minimum absolute atomic E-state index is 0.0982. The predicted octanol–water partition coefficient (Wildman–Crippen LogP) is 4.34. The number of hydrogen-bond acceptors (Lipinski definition) is 4. The Labute approximate surface area is 161 Å². The van der Waals surface area contributed by atoms with Crippen molar-refractivity contribution in [3.8, 4) is 0 Å². The van der Waals surface area contributed by atoms with Gasteiger partial charge in [-0.3, -0.25) is 9.59 Å². The number of carbonyl (C=O) groups is 2. The molecule has 0 N–H and O–H groups in total. The molecule has 4 nitrogen and oxygen atoms in total. The fourth-order valence-corrected chi connectivity index (χ4v) is 3.35. The van der Waals surface area contributed by atoms with Crippen LogP contribution in [0.5, 0.6) is 0 Å². The highest BCUT2D eigenvalue weighted by Crippen LogP contribution is 2.41. The van der Waals surface area contributed by atoms with Crippen LogP contribution in [0, 0.1) is 0 Å². The molecule has 5 heteroatoms. The van der Waals surface area contributed by atoms with Gasteiger partial charge < -0.3 is 9.31 Å². The molecule has 27 heavy (non-hydrogen) atoms. The molecule has 1 aromatic carbocycles. The van der Waals surface area contributed by atoms with Gasteiger partial charge >= 0.3 is 7.12 Å². The maximum Gasteiger partial charge on any atom is 0.499 e. The molecule has 1 aliphatic carbocycles. The van der Waals surface area contributed by atoms with Crippen molar-refractivity contribution in [3.05, 3.63) is 53.0 Å². The van der Waals surface area contributed by atoms with Crippen LogP contribution < -0.4 is 0 Å². The van der Waals surface area contributed by atoms with E-state index in [2.05, 4.69) is 6.92 Å². The van der Waals surface area contributed by atoms with Crippen molar-refractivity contribution in [1.82, 2.24) is 0 Å². The van der Waals surface area contributed by atoms with E-state index in [9.17, 15) is 9.59 Å². The summed E-state index contributed by atoms with van der Waals surface area (Å²) in [6.07, 6.45) is 3.92. The van der Waals surface area contributed by atoms with Gasteiger partial charge in [0.05, 0.1) is 11.2 Å². The van der Waals surface area contributed by atoms with Gasteiger partial charge in [0.2, 0.25) is 0 Å². The summed E-state index contributed by atoms with van der Waals surface area (Å²) in [5, 5.41) is 0. The molecule has 1 aromatic rings. The van der Waals surface area contributed by atoms with Crippen LogP contribution in [-0.2, 0) is 18.9 Å². The lowest BCUT2D eigenvalue weighted by atomic mass is 9.67. The van der Waals surface area contributed by atoms with Gasteiger partial charge in [-0.15, -0.1) is 0 Å². The summed E-state index contributed by atoms with van der Waals surface area (Å²) < 4.78 is 12.2. The molecular weight excluding hydrogens is 339 g/mol. The molecule has 0 bridgehead atoms. The van der Waals surface area contributed by atoms with Gasteiger partial charge in [-0.2, -0.15) is 0 Å². The molecule has 0 atom stereocenters. The largest absolute Gasteiger partial charge is 0.499 e. The zero-order valence-corrected chi connectivity index (χ0v) is 16.8. The molecule has 2 aliphatic rings. The fraction of sp³-hybridized carbons (Fsp3) is 0.455. The maximum atomic E-state index is 13.3. The number of Topliss-reactive ketones (excluding diaryl/α,β-unsaturated/α-hetero) is 1. The molecule has 0 saturated carbocycles. The Kier molecular flexibility index (Phi) is 5.28. The monoisotopic (exact) mass is 366 g/mol. The Morgan fingerprint density at radius 3 is 2.11 bits per heavy atom. The van der Waals surface area contributed by atoms with E-state index in [1.807, 2.05) is 58.0 Å². The lowest BCUT2D eigenvalue weighted by Crippen LogP contribution is -2.41. The van der Waals surface area contributed by atoms with Crippen molar-refractivity contribution in [3.63, 3.8) is 0 Å². The van der Waals surface area contributed by atoms with E-state index in [1.165, 1.54) is 6.08 Å². The standard InChI is InChI=1S/C22H27BO4/c1-6-7-11-16-14-17(24)19(23-26-21(2,3)22(4,5)27-23)18(20(16)25)15-12-9-8-10-13-15/h8-10,12-14H,6-7,11H2,1-5H3. The third kappa shape index (κ3) is 3.58. The van der Waals surface area contributed by atoms with E-state index < -0.39 is 18.3 Å². The van der Waals surface area contributed by atoms with Crippen molar-refractivity contribution in [2.24, 2.45) is 0 Å². The van der Waals surface area contributed by atoms with Crippen molar-refractivity contribution in [1.29, 1.82) is 0 Å². The lowest BCUT2D eigenvalue weighted by Gasteiger charge is -2.32. The number of unbranched alkanes of at least 4 members (excludes halogenated alkanes) is 1. The Morgan fingerprint density at radius 2 is 1.56 bits per heavy atom. The summed E-state index contributed by atoms with van der Waals surface area (Å²) in [6.45, 7) is 9.82. The van der Waals surface area contributed by atoms with Crippen LogP contribution in [0.1, 0.15) is 59.4 Å². The van der Waals surface area contributed by atoms with E-state index in [-0.39, 0.29) is 11.6 Å². The number of allylic oxidation sites excluding steroid dienone is 4. The van der Waals surface area contributed by atoms with Crippen LogP contribution in [-0.4, -0.2) is 29.9 Å². The molecule has 142 valence electrons. The van der Waals surface area contributed by atoms with Gasteiger partial charge in [0.25, 0.3) is 0 Å². The summed E-state index contributed by atoms with van der Waals surface area (Å²) in [5.41, 5.74) is 0.853. The number of rotatable bonds is 5. The van der Waals surface area contributed by atoms with E-state index in [4.69, 9.17) is 9.31 Å². The van der Waals surface area contributed by atoms with Crippen molar-refractivity contribution < 1.29 is 18.9 Å². The zero-order chi connectivity index (χ0) is 19.8. The number of carbonyl (C=O) groups excluding carboxylic acids is 2. The third-order valence-corrected chi connectivity index (χ3v) is 5.71. The summed E-state index contributed by atoms with van der Waals surface area (Å²) in [5.74, 6) is -0.294. The van der Waals surface area contributed by atoms with Gasteiger partial charge in [0.1, 0.15) is 0 Å². The number of ketones is 2. The molecule has 0 unspecified atom stereocenters. The topological polar surface area (TPSA) is 52.6 Å². The average Bonchev–Trinajstić information content (AvgIpc) is 2.83. The second kappa shape index (κ2) is 7.21. The van der Waals surface area contributed by atoms with Crippen LogP contribution in [0.15, 0.2) is 47.5 Å². The number of hydrogen-bond donors (Lipinski definition) is 0. The van der Waals surface area contributed by atoms with Gasteiger partial charge in [-0.25, -0.2) is 0 Å². The Morgan fingerprint density at radius 1 is 0.963 bits per heavy atom. The highest BCUT2D eigenvalue weighted by atomic mass is 16.7. The molecular formula is C22H27BO4. The molecule has 0 aromatic heterocycles. The average molecular weight is 366 g/mol. The first kappa shape index (κ1) is 19.8. The molecule has 3 rings (SSSR count). The van der Waals surface area contributed by atoms with Gasteiger partial charge in [-0.1, -0.05) is 43.7 Å². The van der Waals surface area contributed by atoms with Gasteiger partial charge in [0, 0.05) is 16.6 Å². The first-order valence-corrected chi connectivity index (χ1v) is 9.63. The van der Waals surface area contributed by atoms with Gasteiger partial charge in [0.15, 0.2) is 11.6 Å². The number of benzene rings is 1. The Hall–Kier alpha value is -1.98. The summed E-state index contributed by atoms with van der Waals surface area (Å²) >= 11 is 0. The fourth-order valence-electron chi connectivity index (χ4n) is 3.35. The van der Waals surface area contributed by atoms with Crippen molar-refractivity contribution in [2.75, 3.05) is 0 Å². The van der Waals surface area contributed by atoms with Crippen LogP contribution in [0.25, 0.3) is 5.57 Å². The molecule has 0 amide bonds.